The largest absolute Gasteiger partial charge is 0.459 e. The van der Waals surface area contributed by atoms with E-state index in [0.29, 0.717) is 5.82 Å². The molecule has 100 valence electrons. The lowest BCUT2D eigenvalue weighted by Crippen LogP contribution is -2.29. The molecule has 7 nitrogen and oxygen atoms in total. The van der Waals surface area contributed by atoms with Gasteiger partial charge in [-0.15, -0.1) is 10.2 Å². The Kier molecular flexibility index (Phi) is 3.24. The molecule has 3 rings (SSSR count). The Morgan fingerprint density at radius 2 is 2.05 bits per heavy atom. The summed E-state index contributed by atoms with van der Waals surface area (Å²) in [7, 11) is 0. The van der Waals surface area contributed by atoms with Gasteiger partial charge < -0.3 is 9.73 Å². The molecule has 2 heterocycles. The van der Waals surface area contributed by atoms with Gasteiger partial charge in [0.15, 0.2) is 5.76 Å². The molecule has 7 heteroatoms. The third kappa shape index (κ3) is 2.41. The predicted molar refractivity (Wildman–Crippen MR) is 68.6 cm³/mol. The fourth-order valence-corrected chi connectivity index (χ4v) is 1.84. The molecular weight excluding hydrogens is 258 g/mol. The number of carbonyl (C=O) groups is 1. The zero-order valence-electron chi connectivity index (χ0n) is 10.4. The van der Waals surface area contributed by atoms with Gasteiger partial charge in [-0.05, 0) is 17.7 Å². The summed E-state index contributed by atoms with van der Waals surface area (Å²) in [5.41, 5.74) is 0.855. The zero-order chi connectivity index (χ0) is 13.8. The highest BCUT2D eigenvalue weighted by molar-refractivity contribution is 5.91. The molecule has 2 N–H and O–H groups in total. The first-order valence-electron chi connectivity index (χ1n) is 5.97. The molecule has 0 bridgehead atoms. The van der Waals surface area contributed by atoms with Crippen molar-refractivity contribution in [3.05, 3.63) is 65.9 Å². The van der Waals surface area contributed by atoms with Gasteiger partial charge in [-0.2, -0.15) is 5.21 Å². The van der Waals surface area contributed by atoms with Crippen LogP contribution in [-0.4, -0.2) is 26.5 Å². The number of H-pyrrole nitrogens is 1. The summed E-state index contributed by atoms with van der Waals surface area (Å²) in [6.45, 7) is 0. The standard InChI is InChI=1S/C13H11N5O2/c19-13(10-7-4-8-20-10)14-11(12-15-17-18-16-12)9-5-2-1-3-6-9/h1-8,11H,(H,14,19)(H,15,16,17,18). The van der Waals surface area contributed by atoms with E-state index in [2.05, 4.69) is 25.9 Å². The van der Waals surface area contributed by atoms with Crippen LogP contribution in [0.5, 0.6) is 0 Å². The first kappa shape index (κ1) is 12.1. The SMILES string of the molecule is O=C(NC(c1ccccc1)c1nn[nH]n1)c1ccco1. The average molecular weight is 269 g/mol. The Labute approximate surface area is 114 Å². The van der Waals surface area contributed by atoms with Gasteiger partial charge in [-0.3, -0.25) is 4.79 Å². The van der Waals surface area contributed by atoms with Crippen LogP contribution in [0.1, 0.15) is 28.0 Å². The monoisotopic (exact) mass is 269 g/mol. The van der Waals surface area contributed by atoms with Gasteiger partial charge in [0.1, 0.15) is 6.04 Å². The van der Waals surface area contributed by atoms with Gasteiger partial charge in [-0.25, -0.2) is 0 Å². The van der Waals surface area contributed by atoms with Crippen LogP contribution < -0.4 is 5.32 Å². The topological polar surface area (TPSA) is 96.7 Å². The quantitative estimate of drug-likeness (QED) is 0.744. The van der Waals surface area contributed by atoms with Crippen LogP contribution in [-0.2, 0) is 0 Å². The smallest absolute Gasteiger partial charge is 0.287 e. The van der Waals surface area contributed by atoms with Gasteiger partial charge in [-0.1, -0.05) is 35.5 Å². The number of carbonyl (C=O) groups excluding carboxylic acids is 1. The lowest BCUT2D eigenvalue weighted by molar-refractivity contribution is 0.0913. The first-order chi connectivity index (χ1) is 9.84. The van der Waals surface area contributed by atoms with Crippen LogP contribution in [0.4, 0.5) is 0 Å². The summed E-state index contributed by atoms with van der Waals surface area (Å²) in [5.74, 6) is 0.277. The van der Waals surface area contributed by atoms with Crippen molar-refractivity contribution >= 4 is 5.91 Å². The van der Waals surface area contributed by atoms with Crippen LogP contribution in [0, 0.1) is 0 Å². The van der Waals surface area contributed by atoms with E-state index in [9.17, 15) is 4.79 Å². The van der Waals surface area contributed by atoms with Crippen LogP contribution in [0.2, 0.25) is 0 Å². The second-order valence-corrected chi connectivity index (χ2v) is 4.06. The number of amides is 1. The summed E-state index contributed by atoms with van der Waals surface area (Å²) in [5, 5.41) is 16.6. The van der Waals surface area contributed by atoms with Crippen molar-refractivity contribution in [2.24, 2.45) is 0 Å². The normalized spacial score (nSPS) is 12.0. The molecule has 0 aliphatic rings. The molecule has 2 aromatic heterocycles. The molecule has 0 aliphatic carbocycles. The van der Waals surface area contributed by atoms with Crippen LogP contribution in [0.3, 0.4) is 0 Å². The van der Waals surface area contributed by atoms with Gasteiger partial charge in [0, 0.05) is 0 Å². The summed E-state index contributed by atoms with van der Waals surface area (Å²) >= 11 is 0. The van der Waals surface area contributed by atoms with E-state index in [1.54, 1.807) is 12.1 Å². The lowest BCUT2D eigenvalue weighted by atomic mass is 10.1. The zero-order valence-corrected chi connectivity index (χ0v) is 10.4. The summed E-state index contributed by atoms with van der Waals surface area (Å²) in [6, 6.07) is 12.2. The molecule has 1 atom stereocenters. The first-order valence-corrected chi connectivity index (χ1v) is 5.97. The molecule has 0 saturated carbocycles. The van der Waals surface area contributed by atoms with Crippen molar-refractivity contribution in [1.29, 1.82) is 0 Å². The van der Waals surface area contributed by atoms with Gasteiger partial charge >= 0.3 is 0 Å². The summed E-state index contributed by atoms with van der Waals surface area (Å²) in [6.07, 6.45) is 1.45. The van der Waals surface area contributed by atoms with Crippen LogP contribution in [0.25, 0.3) is 0 Å². The van der Waals surface area contributed by atoms with Gasteiger partial charge in [0.25, 0.3) is 5.91 Å². The molecule has 0 fully saturated rings. The summed E-state index contributed by atoms with van der Waals surface area (Å²) in [4.78, 5) is 12.1. The Hall–Kier alpha value is -2.96. The van der Waals surface area contributed by atoms with Crippen molar-refractivity contribution in [1.82, 2.24) is 25.9 Å². The van der Waals surface area contributed by atoms with E-state index in [1.807, 2.05) is 30.3 Å². The molecule has 3 aromatic rings. The van der Waals surface area contributed by atoms with Crippen LogP contribution >= 0.6 is 0 Å². The third-order valence-corrected chi connectivity index (χ3v) is 2.77. The fourth-order valence-electron chi connectivity index (χ4n) is 1.84. The van der Waals surface area contributed by atoms with Gasteiger partial charge in [0.05, 0.1) is 6.26 Å². The highest BCUT2D eigenvalue weighted by Crippen LogP contribution is 2.18. The molecule has 0 radical (unpaired) electrons. The molecule has 0 aliphatic heterocycles. The van der Waals surface area contributed by atoms with Crippen molar-refractivity contribution in [2.75, 3.05) is 0 Å². The Morgan fingerprint density at radius 1 is 1.20 bits per heavy atom. The molecule has 0 spiro atoms. The molecule has 1 amide bonds. The highest BCUT2D eigenvalue weighted by Gasteiger charge is 2.22. The number of nitrogens with one attached hydrogen (secondary N) is 2. The average Bonchev–Trinajstić information content (AvgIpc) is 3.18. The van der Waals surface area contributed by atoms with Crippen molar-refractivity contribution in [3.8, 4) is 0 Å². The maximum Gasteiger partial charge on any atom is 0.287 e. The third-order valence-electron chi connectivity index (χ3n) is 2.77. The Balaban J connectivity index is 1.89. The van der Waals surface area contributed by atoms with E-state index >= 15 is 0 Å². The number of benzene rings is 1. The number of aromatic nitrogens is 4. The number of hydrogen-bond acceptors (Lipinski definition) is 5. The van der Waals surface area contributed by atoms with E-state index < -0.39 is 6.04 Å². The minimum atomic E-state index is -0.493. The minimum absolute atomic E-state index is 0.231. The predicted octanol–water partition coefficient (Wildman–Crippen LogP) is 1.31. The number of nitrogens with zero attached hydrogens (tertiary/aromatic N) is 3. The number of tetrazole rings is 1. The lowest BCUT2D eigenvalue weighted by Gasteiger charge is -2.14. The minimum Gasteiger partial charge on any atom is -0.459 e. The van der Waals surface area contributed by atoms with Crippen molar-refractivity contribution in [3.63, 3.8) is 0 Å². The Bertz CT molecular complexity index is 664. The number of aromatic amines is 1. The van der Waals surface area contributed by atoms with E-state index in [4.69, 9.17) is 4.42 Å². The number of rotatable bonds is 4. The highest BCUT2D eigenvalue weighted by atomic mass is 16.3. The summed E-state index contributed by atoms with van der Waals surface area (Å²) < 4.78 is 5.07. The fraction of sp³-hybridized carbons (Fsp3) is 0.0769. The molecule has 0 saturated heterocycles. The van der Waals surface area contributed by atoms with Gasteiger partial charge in [0.2, 0.25) is 5.82 Å². The molecular formula is C13H11N5O2. The van der Waals surface area contributed by atoms with Crippen LogP contribution in [0.15, 0.2) is 53.1 Å². The van der Waals surface area contributed by atoms with E-state index in [0.717, 1.165) is 5.56 Å². The number of furan rings is 1. The maximum atomic E-state index is 12.1. The molecule has 1 unspecified atom stereocenters. The molecule has 1 aromatic carbocycles. The van der Waals surface area contributed by atoms with Crippen molar-refractivity contribution < 1.29 is 9.21 Å². The maximum absolute atomic E-state index is 12.1. The van der Waals surface area contributed by atoms with E-state index in [1.165, 1.54) is 6.26 Å². The van der Waals surface area contributed by atoms with Crippen molar-refractivity contribution in [2.45, 2.75) is 6.04 Å². The Morgan fingerprint density at radius 3 is 2.70 bits per heavy atom. The second-order valence-electron chi connectivity index (χ2n) is 4.06. The second kappa shape index (κ2) is 5.35. The number of hydrogen-bond donors (Lipinski definition) is 2. The molecule has 20 heavy (non-hydrogen) atoms. The van der Waals surface area contributed by atoms with E-state index in [-0.39, 0.29) is 11.7 Å².